The molecule has 0 fully saturated rings. The van der Waals surface area contributed by atoms with Gasteiger partial charge in [-0.05, 0) is 13.0 Å². The Morgan fingerprint density at radius 3 is 2.58 bits per heavy atom. The zero-order valence-electron chi connectivity index (χ0n) is 7.29. The fraction of sp³-hybridized carbons (Fsp3) is 0.857. The molecule has 2 atom stereocenters. The van der Waals surface area contributed by atoms with Crippen LogP contribution in [0.5, 0.6) is 0 Å². The van der Waals surface area contributed by atoms with E-state index in [4.69, 9.17) is 11.5 Å². The van der Waals surface area contributed by atoms with Crippen LogP contribution in [0.25, 0.3) is 0 Å². The Bertz CT molecular complexity index is 173. The van der Waals surface area contributed by atoms with Crippen molar-refractivity contribution in [1.29, 1.82) is 0 Å². The van der Waals surface area contributed by atoms with Gasteiger partial charge in [-0.2, -0.15) is 0 Å². The monoisotopic (exact) mass is 192 g/mol. The second kappa shape index (κ2) is 6.14. The van der Waals surface area contributed by atoms with Gasteiger partial charge in [0, 0.05) is 28.2 Å². The van der Waals surface area contributed by atoms with Gasteiger partial charge in [0.1, 0.15) is 0 Å². The summed E-state index contributed by atoms with van der Waals surface area (Å²) in [5.41, 5.74) is 10.2. The lowest BCUT2D eigenvalue weighted by Crippen LogP contribution is -2.21. The van der Waals surface area contributed by atoms with Gasteiger partial charge in [-0.25, -0.2) is 0 Å². The van der Waals surface area contributed by atoms with Crippen LogP contribution in [0.4, 0.5) is 0 Å². The number of hydrogen-bond donors (Lipinski definition) is 2. The van der Waals surface area contributed by atoms with Crippen molar-refractivity contribution in [3.05, 3.63) is 0 Å². The summed E-state index contributed by atoms with van der Waals surface area (Å²) in [6, 6.07) is 0. The van der Waals surface area contributed by atoms with E-state index in [1.807, 2.05) is 6.92 Å². The first-order valence-corrected chi connectivity index (χ1v) is 5.31. The molecular formula is C7H16N2O2S. The molecule has 0 saturated heterocycles. The average Bonchev–Trinajstić information content (AvgIpc) is 2.00. The van der Waals surface area contributed by atoms with Crippen molar-refractivity contribution in [2.45, 2.75) is 25.0 Å². The Labute approximate surface area is 75.1 Å². The first-order chi connectivity index (χ1) is 5.57. The molecule has 0 bridgehead atoms. The second-order valence-corrected chi connectivity index (χ2v) is 4.66. The minimum Gasteiger partial charge on any atom is -0.370 e. The first kappa shape index (κ1) is 11.6. The zero-order valence-corrected chi connectivity index (χ0v) is 8.10. The van der Waals surface area contributed by atoms with Crippen LogP contribution >= 0.6 is 0 Å². The molecular weight excluding hydrogens is 176 g/mol. The molecule has 0 radical (unpaired) electrons. The Hall–Kier alpha value is -0.420. The molecule has 0 aliphatic heterocycles. The van der Waals surface area contributed by atoms with Gasteiger partial charge in [-0.3, -0.25) is 9.00 Å². The third-order valence-electron chi connectivity index (χ3n) is 1.57. The molecule has 2 unspecified atom stereocenters. The molecule has 0 saturated carbocycles. The van der Waals surface area contributed by atoms with Gasteiger partial charge in [0.15, 0.2) is 0 Å². The summed E-state index contributed by atoms with van der Waals surface area (Å²) >= 11 is 0. The lowest BCUT2D eigenvalue weighted by molar-refractivity contribution is -0.117. The molecule has 4 N–H and O–H groups in total. The smallest absolute Gasteiger partial charge is 0.218 e. The number of carbonyl (C=O) groups excluding carboxylic acids is 1. The van der Waals surface area contributed by atoms with Crippen LogP contribution in [0.3, 0.4) is 0 Å². The fourth-order valence-corrected chi connectivity index (χ4v) is 1.97. The molecule has 12 heavy (non-hydrogen) atoms. The van der Waals surface area contributed by atoms with Crippen molar-refractivity contribution in [3.8, 4) is 0 Å². The summed E-state index contributed by atoms with van der Waals surface area (Å²) < 4.78 is 11.3. The summed E-state index contributed by atoms with van der Waals surface area (Å²) in [7, 11) is -0.966. The van der Waals surface area contributed by atoms with Gasteiger partial charge in [0.05, 0.1) is 0 Å². The summed E-state index contributed by atoms with van der Waals surface area (Å²) in [5.74, 6) is -0.0421. The molecule has 0 spiro atoms. The van der Waals surface area contributed by atoms with E-state index < -0.39 is 16.7 Å². The van der Waals surface area contributed by atoms with Gasteiger partial charge < -0.3 is 11.5 Å². The molecule has 0 aromatic rings. The van der Waals surface area contributed by atoms with Gasteiger partial charge >= 0.3 is 0 Å². The van der Waals surface area contributed by atoms with Crippen molar-refractivity contribution >= 4 is 16.7 Å². The van der Waals surface area contributed by atoms with Crippen LogP contribution in [-0.4, -0.2) is 27.7 Å². The Morgan fingerprint density at radius 1 is 1.58 bits per heavy atom. The number of amides is 1. The van der Waals surface area contributed by atoms with E-state index in [-0.39, 0.29) is 11.7 Å². The van der Waals surface area contributed by atoms with Gasteiger partial charge in [-0.15, -0.1) is 0 Å². The number of rotatable bonds is 6. The SMILES string of the molecule is CC(CCN)S(=O)CCC(N)=O. The second-order valence-electron chi connectivity index (χ2n) is 2.69. The fourth-order valence-electron chi connectivity index (χ4n) is 0.769. The normalized spacial score (nSPS) is 15.5. The number of carbonyl (C=O) groups is 1. The molecule has 72 valence electrons. The summed E-state index contributed by atoms with van der Waals surface area (Å²) in [4.78, 5) is 10.3. The van der Waals surface area contributed by atoms with Gasteiger partial charge in [-0.1, -0.05) is 6.92 Å². The summed E-state index contributed by atoms with van der Waals surface area (Å²) in [6.45, 7) is 2.40. The molecule has 4 nitrogen and oxygen atoms in total. The zero-order chi connectivity index (χ0) is 9.56. The topological polar surface area (TPSA) is 86.2 Å². The van der Waals surface area contributed by atoms with Gasteiger partial charge in [0.25, 0.3) is 0 Å². The van der Waals surface area contributed by atoms with Crippen LogP contribution in [-0.2, 0) is 15.6 Å². The lowest BCUT2D eigenvalue weighted by atomic mass is 10.3. The first-order valence-electron chi connectivity index (χ1n) is 3.93. The van der Waals surface area contributed by atoms with Crippen molar-refractivity contribution in [2.75, 3.05) is 12.3 Å². The van der Waals surface area contributed by atoms with Crippen molar-refractivity contribution < 1.29 is 9.00 Å². The van der Waals surface area contributed by atoms with Crippen molar-refractivity contribution in [3.63, 3.8) is 0 Å². The van der Waals surface area contributed by atoms with Crippen LogP contribution in [0.2, 0.25) is 0 Å². The molecule has 0 aliphatic carbocycles. The van der Waals surface area contributed by atoms with E-state index in [1.54, 1.807) is 0 Å². The Kier molecular flexibility index (Phi) is 5.92. The van der Waals surface area contributed by atoms with Crippen LogP contribution < -0.4 is 11.5 Å². The van der Waals surface area contributed by atoms with Crippen LogP contribution in [0.1, 0.15) is 19.8 Å². The van der Waals surface area contributed by atoms with E-state index >= 15 is 0 Å². The molecule has 0 aliphatic rings. The predicted octanol–water partition coefficient (Wildman–Crippen LogP) is -0.652. The summed E-state index contributed by atoms with van der Waals surface area (Å²) in [6.07, 6.45) is 0.924. The summed E-state index contributed by atoms with van der Waals surface area (Å²) in [5, 5.41) is 0.0642. The standard InChI is InChI=1S/C7H16N2O2S/c1-6(2-4-8)12(11)5-3-7(9)10/h6H,2-5,8H2,1H3,(H2,9,10). The Morgan fingerprint density at radius 2 is 2.17 bits per heavy atom. The van der Waals surface area contributed by atoms with E-state index in [9.17, 15) is 9.00 Å². The minimum atomic E-state index is -0.966. The number of nitrogens with two attached hydrogens (primary N) is 2. The highest BCUT2D eigenvalue weighted by Gasteiger charge is 2.10. The lowest BCUT2D eigenvalue weighted by Gasteiger charge is -2.08. The van der Waals surface area contributed by atoms with Crippen molar-refractivity contribution in [2.24, 2.45) is 11.5 Å². The Balaban J connectivity index is 3.64. The van der Waals surface area contributed by atoms with Gasteiger partial charge in [0.2, 0.25) is 5.91 Å². The maximum absolute atomic E-state index is 11.3. The molecule has 0 aromatic carbocycles. The van der Waals surface area contributed by atoms with E-state index in [2.05, 4.69) is 0 Å². The van der Waals surface area contributed by atoms with Crippen molar-refractivity contribution in [1.82, 2.24) is 0 Å². The van der Waals surface area contributed by atoms with E-state index in [1.165, 1.54) is 0 Å². The maximum atomic E-state index is 11.3. The highest BCUT2D eigenvalue weighted by atomic mass is 32.2. The average molecular weight is 192 g/mol. The number of primary amides is 1. The minimum absolute atomic E-state index is 0.0642. The number of hydrogen-bond acceptors (Lipinski definition) is 3. The predicted molar refractivity (Wildman–Crippen MR) is 50.0 cm³/mol. The highest BCUT2D eigenvalue weighted by molar-refractivity contribution is 7.85. The van der Waals surface area contributed by atoms with Crippen LogP contribution in [0, 0.1) is 0 Å². The van der Waals surface area contributed by atoms with Crippen LogP contribution in [0.15, 0.2) is 0 Å². The van der Waals surface area contributed by atoms with E-state index in [0.717, 1.165) is 6.42 Å². The third kappa shape index (κ3) is 5.26. The third-order valence-corrected chi connectivity index (χ3v) is 3.31. The maximum Gasteiger partial charge on any atom is 0.218 e. The molecule has 0 rings (SSSR count). The molecule has 5 heteroatoms. The largest absolute Gasteiger partial charge is 0.370 e. The molecule has 0 aromatic heterocycles. The highest BCUT2D eigenvalue weighted by Crippen LogP contribution is 2.01. The molecule has 1 amide bonds. The molecule has 0 heterocycles. The quantitative estimate of drug-likeness (QED) is 0.586. The van der Waals surface area contributed by atoms with E-state index in [0.29, 0.717) is 12.3 Å².